The highest BCUT2D eigenvalue weighted by Crippen LogP contribution is 2.32. The summed E-state index contributed by atoms with van der Waals surface area (Å²) in [5, 5.41) is 13.1. The van der Waals surface area contributed by atoms with E-state index in [1.165, 1.54) is 13.2 Å². The first kappa shape index (κ1) is 29.5. The van der Waals surface area contributed by atoms with Crippen LogP contribution in [0, 0.1) is 18.6 Å². The van der Waals surface area contributed by atoms with E-state index in [0.29, 0.717) is 49.0 Å². The molecule has 2 N–H and O–H groups in total. The Hall–Kier alpha value is -3.62. The molecule has 11 nitrogen and oxygen atoms in total. The molecule has 2 fully saturated rings. The quantitative estimate of drug-likeness (QED) is 0.290. The minimum absolute atomic E-state index is 0.0196. The molecular weight excluding hydrogens is 558 g/mol. The summed E-state index contributed by atoms with van der Waals surface area (Å²) in [7, 11) is 1.49. The zero-order chi connectivity index (χ0) is 30.3. The molecule has 0 saturated carbocycles. The van der Waals surface area contributed by atoms with Crippen molar-refractivity contribution in [2.75, 3.05) is 45.2 Å². The average Bonchev–Trinajstić information content (AvgIpc) is 3.55. The van der Waals surface area contributed by atoms with Crippen LogP contribution in [-0.4, -0.2) is 91.3 Å². The van der Waals surface area contributed by atoms with E-state index in [-0.39, 0.29) is 28.8 Å². The Morgan fingerprint density at radius 3 is 2.67 bits per heavy atom. The third-order valence-corrected chi connectivity index (χ3v) is 8.13. The largest absolute Gasteiger partial charge is 0.371 e. The molecule has 228 valence electrons. The standard InChI is InChI=1S/C30H36F2N8O3/c1-18(2)40-19(3)35-27-22(31)11-21(12-24(27)40)26-23(32)14-34-28(37-26)36-25-6-5-20(13-33-25)15-38-9-10-43-30(16-38)7-8-39(17-30)29(41)42-4/h5-6,11-14,18,29,41H,7-10,15-17H2,1-4H3,(H,33,34,36,37)/t29?,30-/m0/s1. The minimum Gasteiger partial charge on any atom is -0.371 e. The maximum Gasteiger partial charge on any atom is 0.229 e. The first-order valence-electron chi connectivity index (χ1n) is 14.4. The van der Waals surface area contributed by atoms with Crippen LogP contribution >= 0.6 is 0 Å². The van der Waals surface area contributed by atoms with E-state index in [4.69, 9.17) is 9.47 Å². The van der Waals surface area contributed by atoms with Crippen LogP contribution in [0.2, 0.25) is 0 Å². The molecule has 13 heteroatoms. The fraction of sp³-hybridized carbons (Fsp3) is 0.467. The molecule has 0 bridgehead atoms. The van der Waals surface area contributed by atoms with Crippen molar-refractivity contribution in [1.82, 2.24) is 34.3 Å². The van der Waals surface area contributed by atoms with Gasteiger partial charge in [-0.05, 0) is 51.0 Å². The van der Waals surface area contributed by atoms with Gasteiger partial charge in [-0.1, -0.05) is 6.07 Å². The number of ether oxygens (including phenoxy) is 2. The van der Waals surface area contributed by atoms with Crippen molar-refractivity contribution in [3.05, 3.63) is 59.7 Å². The van der Waals surface area contributed by atoms with Gasteiger partial charge in [0.25, 0.3) is 0 Å². The van der Waals surface area contributed by atoms with Crippen molar-refractivity contribution in [2.24, 2.45) is 0 Å². The number of likely N-dealkylation sites (tertiary alicyclic amines) is 1. The molecule has 1 spiro atoms. The molecule has 0 radical (unpaired) electrons. The van der Waals surface area contributed by atoms with Crippen LogP contribution in [0.25, 0.3) is 22.3 Å². The molecular formula is C30H36F2N8O3. The van der Waals surface area contributed by atoms with Crippen LogP contribution in [0.5, 0.6) is 0 Å². The Labute approximate surface area is 248 Å². The van der Waals surface area contributed by atoms with Gasteiger partial charge in [-0.2, -0.15) is 0 Å². The number of imidazole rings is 1. The fourth-order valence-electron chi connectivity index (χ4n) is 6.17. The highest BCUT2D eigenvalue weighted by molar-refractivity contribution is 5.83. The molecule has 0 amide bonds. The number of aliphatic hydroxyl groups excluding tert-OH is 1. The number of rotatable bonds is 8. The molecule has 6 rings (SSSR count). The fourth-order valence-corrected chi connectivity index (χ4v) is 6.17. The number of aryl methyl sites for hydroxylation is 1. The maximum absolute atomic E-state index is 15.0. The SMILES string of the molecule is COC(O)N1CC[C@]2(CN(Cc3ccc(Nc4ncc(F)c(-c5cc(F)c6nc(C)n(C(C)C)c6c5)n4)nc3)CCO2)C1. The summed E-state index contributed by atoms with van der Waals surface area (Å²) in [4.78, 5) is 21.5. The van der Waals surface area contributed by atoms with Gasteiger partial charge in [0.15, 0.2) is 11.6 Å². The zero-order valence-electron chi connectivity index (χ0n) is 24.7. The molecule has 5 heterocycles. The lowest BCUT2D eigenvalue weighted by Crippen LogP contribution is -2.53. The summed E-state index contributed by atoms with van der Waals surface area (Å²) < 4.78 is 43.1. The summed E-state index contributed by atoms with van der Waals surface area (Å²) in [5.74, 6) is 0.121. The van der Waals surface area contributed by atoms with E-state index < -0.39 is 18.0 Å². The third kappa shape index (κ3) is 5.95. The Morgan fingerprint density at radius 2 is 1.93 bits per heavy atom. The number of nitrogens with one attached hydrogen (secondary N) is 1. The number of anilines is 2. The summed E-state index contributed by atoms with van der Waals surface area (Å²) in [6.07, 6.45) is 2.75. The van der Waals surface area contributed by atoms with Crippen LogP contribution in [0.15, 0.2) is 36.7 Å². The molecule has 0 aliphatic carbocycles. The smallest absolute Gasteiger partial charge is 0.229 e. The molecule has 2 aliphatic heterocycles. The van der Waals surface area contributed by atoms with E-state index in [0.717, 1.165) is 31.3 Å². The van der Waals surface area contributed by atoms with E-state index in [1.54, 1.807) is 12.3 Å². The van der Waals surface area contributed by atoms with Crippen molar-refractivity contribution in [3.63, 3.8) is 0 Å². The van der Waals surface area contributed by atoms with E-state index in [9.17, 15) is 9.50 Å². The van der Waals surface area contributed by atoms with Gasteiger partial charge < -0.3 is 24.5 Å². The summed E-state index contributed by atoms with van der Waals surface area (Å²) in [5.41, 5.74) is 1.80. The van der Waals surface area contributed by atoms with Crippen LogP contribution in [-0.2, 0) is 16.0 Å². The maximum atomic E-state index is 15.0. The van der Waals surface area contributed by atoms with Crippen molar-refractivity contribution >= 4 is 22.8 Å². The molecule has 1 unspecified atom stereocenters. The van der Waals surface area contributed by atoms with Gasteiger partial charge >= 0.3 is 0 Å². The number of hydrogen-bond acceptors (Lipinski definition) is 10. The number of hydrogen-bond donors (Lipinski definition) is 2. The number of halogens is 2. The molecule has 4 aromatic rings. The summed E-state index contributed by atoms with van der Waals surface area (Å²) >= 11 is 0. The number of benzene rings is 1. The van der Waals surface area contributed by atoms with Crippen LogP contribution in [0.3, 0.4) is 0 Å². The molecule has 3 aromatic heterocycles. The van der Waals surface area contributed by atoms with Crippen LogP contribution < -0.4 is 5.32 Å². The zero-order valence-corrected chi connectivity index (χ0v) is 24.7. The van der Waals surface area contributed by atoms with E-state index >= 15 is 4.39 Å². The van der Waals surface area contributed by atoms with Crippen molar-refractivity contribution in [3.8, 4) is 11.3 Å². The Bertz CT molecular complexity index is 1620. The highest BCUT2D eigenvalue weighted by atomic mass is 19.1. The molecule has 2 atom stereocenters. The van der Waals surface area contributed by atoms with Crippen molar-refractivity contribution in [2.45, 2.75) is 51.8 Å². The van der Waals surface area contributed by atoms with Gasteiger partial charge in [-0.25, -0.2) is 28.7 Å². The number of morpholine rings is 1. The monoisotopic (exact) mass is 594 g/mol. The normalized spacial score (nSPS) is 20.5. The number of aliphatic hydroxyl groups is 1. The first-order chi connectivity index (χ1) is 20.6. The van der Waals surface area contributed by atoms with Gasteiger partial charge in [0.05, 0.1) is 23.9 Å². The van der Waals surface area contributed by atoms with E-state index in [1.807, 2.05) is 42.4 Å². The Balaban J connectivity index is 1.15. The predicted octanol–water partition coefficient (Wildman–Crippen LogP) is 4.00. The summed E-state index contributed by atoms with van der Waals surface area (Å²) in [6.45, 7) is 9.97. The first-order valence-corrected chi connectivity index (χ1v) is 14.4. The average molecular weight is 595 g/mol. The lowest BCUT2D eigenvalue weighted by atomic mass is 10.0. The lowest BCUT2D eigenvalue weighted by Gasteiger charge is -2.40. The van der Waals surface area contributed by atoms with E-state index in [2.05, 4.69) is 30.2 Å². The third-order valence-electron chi connectivity index (χ3n) is 8.13. The van der Waals surface area contributed by atoms with Crippen LogP contribution in [0.4, 0.5) is 20.5 Å². The second-order valence-electron chi connectivity index (χ2n) is 11.5. The Morgan fingerprint density at radius 1 is 1.09 bits per heavy atom. The number of nitrogens with zero attached hydrogens (tertiary/aromatic N) is 7. The van der Waals surface area contributed by atoms with Crippen molar-refractivity contribution < 1.29 is 23.4 Å². The summed E-state index contributed by atoms with van der Waals surface area (Å²) in [6, 6.07) is 6.80. The Kier molecular flexibility index (Phi) is 8.09. The molecule has 2 aliphatic rings. The van der Waals surface area contributed by atoms with Gasteiger partial charge in [0.1, 0.15) is 22.9 Å². The van der Waals surface area contributed by atoms with Gasteiger partial charge in [-0.15, -0.1) is 0 Å². The number of pyridine rings is 1. The number of methoxy groups -OCH3 is 1. The second kappa shape index (κ2) is 11.8. The number of aromatic nitrogens is 5. The van der Waals surface area contributed by atoms with Crippen LogP contribution in [0.1, 0.15) is 37.7 Å². The second-order valence-corrected chi connectivity index (χ2v) is 11.5. The minimum atomic E-state index is -0.924. The molecule has 2 saturated heterocycles. The molecule has 1 aromatic carbocycles. The topological polar surface area (TPSA) is 114 Å². The predicted molar refractivity (Wildman–Crippen MR) is 156 cm³/mol. The van der Waals surface area contributed by atoms with Gasteiger partial charge in [0, 0.05) is 57.6 Å². The molecule has 43 heavy (non-hydrogen) atoms. The van der Waals surface area contributed by atoms with Crippen molar-refractivity contribution in [1.29, 1.82) is 0 Å². The number of fused-ring (bicyclic) bond motifs is 1. The lowest BCUT2D eigenvalue weighted by molar-refractivity contribution is -0.181. The van der Waals surface area contributed by atoms with Gasteiger partial charge in [-0.3, -0.25) is 9.80 Å². The van der Waals surface area contributed by atoms with Gasteiger partial charge in [0.2, 0.25) is 12.4 Å². The highest BCUT2D eigenvalue weighted by Gasteiger charge is 2.44.